The van der Waals surface area contributed by atoms with E-state index < -0.39 is 40.9 Å². The Labute approximate surface area is 326 Å². The molecule has 4 aliphatic rings. The first-order valence-corrected chi connectivity index (χ1v) is 19.7. The van der Waals surface area contributed by atoms with E-state index in [0.29, 0.717) is 40.5 Å². The van der Waals surface area contributed by atoms with E-state index in [2.05, 4.69) is 0 Å². The van der Waals surface area contributed by atoms with Crippen molar-refractivity contribution in [3.8, 4) is 22.1 Å². The van der Waals surface area contributed by atoms with E-state index in [0.717, 1.165) is 31.7 Å². The van der Waals surface area contributed by atoms with Gasteiger partial charge in [-0.2, -0.15) is 5.10 Å². The molecule has 4 heterocycles. The molecule has 2 saturated heterocycles. The SMILES string of the molecule is Cc1cccc(C2C3=CCC4C(=O)N(CCc5ccc(O)cc5)C(=O)C4C3CC3C(=O)N(c4cc(-c5sc6ccc(Cl)cc6c5C)nn4C)C(=O)C32C)c1O. The Hall–Kier alpha value is -5.26. The van der Waals surface area contributed by atoms with Gasteiger partial charge in [-0.1, -0.05) is 53.6 Å². The summed E-state index contributed by atoms with van der Waals surface area (Å²) in [5.74, 6) is -4.11. The first-order chi connectivity index (χ1) is 26.3. The number of carbonyl (C=O) groups is 4. The number of amides is 4. The summed E-state index contributed by atoms with van der Waals surface area (Å²) in [4.78, 5) is 61.7. The van der Waals surface area contributed by atoms with Crippen LogP contribution < -0.4 is 4.90 Å². The maximum Gasteiger partial charge on any atom is 0.242 e. The number of likely N-dealkylation sites (tertiary alicyclic amines) is 1. The highest BCUT2D eigenvalue weighted by Gasteiger charge is 2.68. The number of imide groups is 2. The van der Waals surface area contributed by atoms with Crippen molar-refractivity contribution in [3.63, 3.8) is 0 Å². The van der Waals surface area contributed by atoms with E-state index in [1.165, 1.54) is 9.80 Å². The minimum Gasteiger partial charge on any atom is -0.508 e. The Kier molecular flexibility index (Phi) is 8.15. The monoisotopic (exact) mass is 774 g/mol. The van der Waals surface area contributed by atoms with E-state index in [-0.39, 0.29) is 42.2 Å². The van der Waals surface area contributed by atoms with Gasteiger partial charge in [-0.05, 0) is 98.4 Å². The highest BCUT2D eigenvalue weighted by atomic mass is 35.5. The highest BCUT2D eigenvalue weighted by Crippen LogP contribution is 2.64. The number of halogens is 1. The van der Waals surface area contributed by atoms with Crippen molar-refractivity contribution in [1.82, 2.24) is 14.7 Å². The molecule has 4 amide bonds. The number of aromatic nitrogens is 2. The Morgan fingerprint density at radius 3 is 2.47 bits per heavy atom. The van der Waals surface area contributed by atoms with Crippen LogP contribution in [0.2, 0.25) is 5.02 Å². The lowest BCUT2D eigenvalue weighted by atomic mass is 9.51. The van der Waals surface area contributed by atoms with Gasteiger partial charge in [-0.3, -0.25) is 28.8 Å². The zero-order valence-electron chi connectivity index (χ0n) is 30.7. The molecule has 2 N–H and O–H groups in total. The van der Waals surface area contributed by atoms with Crippen molar-refractivity contribution in [2.24, 2.45) is 36.1 Å². The molecule has 0 bridgehead atoms. The number of para-hydroxylation sites is 1. The number of anilines is 1. The lowest BCUT2D eigenvalue weighted by Crippen LogP contribution is -2.49. The molecule has 5 aromatic rings. The van der Waals surface area contributed by atoms with Crippen LogP contribution in [0, 0.1) is 42.9 Å². The van der Waals surface area contributed by atoms with Crippen molar-refractivity contribution in [2.45, 2.75) is 46.0 Å². The normalized spacial score (nSPS) is 26.1. The summed E-state index contributed by atoms with van der Waals surface area (Å²) in [6, 6.07) is 19.7. The van der Waals surface area contributed by atoms with Crippen molar-refractivity contribution in [2.75, 3.05) is 11.4 Å². The Balaban J connectivity index is 1.11. The quantitative estimate of drug-likeness (QED) is 0.135. The van der Waals surface area contributed by atoms with Crippen molar-refractivity contribution in [3.05, 3.63) is 106 Å². The van der Waals surface area contributed by atoms with Crippen LogP contribution in [-0.2, 0) is 32.6 Å². The number of phenolic OH excluding ortho intramolecular Hbond substituents is 2. The van der Waals surface area contributed by atoms with Gasteiger partial charge < -0.3 is 10.2 Å². The number of phenols is 2. The summed E-state index contributed by atoms with van der Waals surface area (Å²) < 4.78 is 2.61. The number of carbonyl (C=O) groups excluding carboxylic acids is 4. The molecular formula is C43H39ClN4O6S. The fraction of sp³-hybridized carbons (Fsp3) is 0.326. The number of rotatable bonds is 6. The summed E-state index contributed by atoms with van der Waals surface area (Å²) in [6.07, 6.45) is 2.95. The summed E-state index contributed by atoms with van der Waals surface area (Å²) >= 11 is 7.88. The van der Waals surface area contributed by atoms with Gasteiger partial charge >= 0.3 is 0 Å². The van der Waals surface area contributed by atoms with Crippen LogP contribution in [0.4, 0.5) is 5.82 Å². The molecule has 2 aliphatic heterocycles. The van der Waals surface area contributed by atoms with Crippen LogP contribution in [0.15, 0.2) is 78.4 Å². The molecule has 2 aromatic heterocycles. The van der Waals surface area contributed by atoms with E-state index in [9.17, 15) is 24.6 Å². The average Bonchev–Trinajstić information content (AvgIpc) is 3.83. The van der Waals surface area contributed by atoms with E-state index >= 15 is 4.79 Å². The molecule has 0 spiro atoms. The molecule has 3 aromatic carbocycles. The number of hydrogen-bond donors (Lipinski definition) is 2. The van der Waals surface area contributed by atoms with Gasteiger partial charge in [0.1, 0.15) is 23.0 Å². The van der Waals surface area contributed by atoms with Crippen molar-refractivity contribution in [1.29, 1.82) is 0 Å². The number of allylic oxidation sites excluding steroid dienone is 2. The van der Waals surface area contributed by atoms with Crippen LogP contribution in [0.3, 0.4) is 0 Å². The number of fused-ring (bicyclic) bond motifs is 5. The van der Waals surface area contributed by atoms with Crippen LogP contribution in [0.25, 0.3) is 20.7 Å². The van der Waals surface area contributed by atoms with Crippen molar-refractivity contribution >= 4 is 62.5 Å². The van der Waals surface area contributed by atoms with Gasteiger partial charge in [0.05, 0.1) is 28.0 Å². The molecule has 280 valence electrons. The molecule has 10 nitrogen and oxygen atoms in total. The van der Waals surface area contributed by atoms with Crippen molar-refractivity contribution < 1.29 is 29.4 Å². The molecule has 12 heteroatoms. The fourth-order valence-corrected chi connectivity index (χ4v) is 11.2. The first-order valence-electron chi connectivity index (χ1n) is 18.5. The van der Waals surface area contributed by atoms with Gasteiger partial charge in [-0.25, -0.2) is 4.90 Å². The number of benzene rings is 3. The molecule has 1 saturated carbocycles. The largest absolute Gasteiger partial charge is 0.508 e. The number of nitrogens with zero attached hydrogens (tertiary/aromatic N) is 4. The van der Waals surface area contributed by atoms with Gasteiger partial charge in [0.2, 0.25) is 23.6 Å². The predicted octanol–water partition coefficient (Wildman–Crippen LogP) is 7.46. The maximum absolute atomic E-state index is 15.1. The third-order valence-corrected chi connectivity index (χ3v) is 14.3. The number of thiophene rings is 1. The minimum absolute atomic E-state index is 0.0438. The Bertz CT molecular complexity index is 2520. The van der Waals surface area contributed by atoms with Gasteiger partial charge in [0.15, 0.2) is 0 Å². The topological polar surface area (TPSA) is 133 Å². The standard InChI is InChI=1S/C43H39ClN4O6S/c1-21-6-5-7-28(37(21)50)36-26-13-14-27-35(41(53)47(39(27)51)17-16-23-8-11-25(49)12-9-23)30(26)19-31-40(52)48(42(54)43(31,36)3)34-20-32(45-46(34)4)38-22(2)29-18-24(44)10-15-33(29)55-38/h5-13,15,18,20,27,30-31,35-36,49-50H,14,16-17,19H2,1-4H3. The molecule has 55 heavy (non-hydrogen) atoms. The maximum atomic E-state index is 15.1. The molecule has 9 rings (SSSR count). The summed E-state index contributed by atoms with van der Waals surface area (Å²) in [5.41, 5.74) is 3.17. The number of aryl methyl sites for hydroxylation is 3. The molecule has 2 aliphatic carbocycles. The predicted molar refractivity (Wildman–Crippen MR) is 210 cm³/mol. The zero-order valence-corrected chi connectivity index (χ0v) is 32.3. The third kappa shape index (κ3) is 5.15. The first kappa shape index (κ1) is 35.4. The lowest BCUT2D eigenvalue weighted by molar-refractivity contribution is -0.140. The average molecular weight is 775 g/mol. The summed E-state index contributed by atoms with van der Waals surface area (Å²) in [6.45, 7) is 5.81. The van der Waals surface area contributed by atoms with E-state index in [4.69, 9.17) is 16.7 Å². The van der Waals surface area contributed by atoms with E-state index in [1.54, 1.807) is 72.5 Å². The van der Waals surface area contributed by atoms with E-state index in [1.807, 2.05) is 44.2 Å². The minimum atomic E-state index is -1.31. The lowest BCUT2D eigenvalue weighted by Gasteiger charge is -2.49. The van der Waals surface area contributed by atoms with Crippen LogP contribution in [-0.4, -0.2) is 55.1 Å². The van der Waals surface area contributed by atoms with Gasteiger partial charge in [-0.15, -0.1) is 11.3 Å². The zero-order chi connectivity index (χ0) is 38.7. The summed E-state index contributed by atoms with van der Waals surface area (Å²) in [7, 11) is 1.72. The smallest absolute Gasteiger partial charge is 0.242 e. The Morgan fingerprint density at radius 1 is 0.945 bits per heavy atom. The third-order valence-electron chi connectivity index (χ3n) is 12.7. The Morgan fingerprint density at radius 2 is 1.71 bits per heavy atom. The number of hydrogen-bond acceptors (Lipinski definition) is 8. The fourth-order valence-electron chi connectivity index (χ4n) is 9.90. The second-order valence-corrected chi connectivity index (χ2v) is 17.1. The molecular weight excluding hydrogens is 736 g/mol. The second kappa shape index (κ2) is 12.6. The number of aromatic hydroxyl groups is 2. The molecule has 0 radical (unpaired) electrons. The highest BCUT2D eigenvalue weighted by molar-refractivity contribution is 7.22. The van der Waals surface area contributed by atoms with Crippen LogP contribution >= 0.6 is 22.9 Å². The molecule has 6 unspecified atom stereocenters. The van der Waals surface area contributed by atoms with Crippen LogP contribution in [0.5, 0.6) is 11.5 Å². The summed E-state index contributed by atoms with van der Waals surface area (Å²) in [5, 5.41) is 27.8. The van der Waals surface area contributed by atoms with Gasteiger partial charge in [0.25, 0.3) is 0 Å². The molecule has 3 fully saturated rings. The van der Waals surface area contributed by atoms with Crippen LogP contribution in [0.1, 0.15) is 47.9 Å². The molecule has 6 atom stereocenters. The van der Waals surface area contributed by atoms with Gasteiger partial charge in [0, 0.05) is 40.9 Å². The second-order valence-electron chi connectivity index (χ2n) is 15.6.